The third-order valence-corrected chi connectivity index (χ3v) is 4.11. The van der Waals surface area contributed by atoms with Gasteiger partial charge in [0.05, 0.1) is 6.54 Å². The van der Waals surface area contributed by atoms with Gasteiger partial charge in [0.25, 0.3) is 0 Å². The molecule has 1 aromatic carbocycles. The first-order chi connectivity index (χ1) is 12.1. The number of nitrogens with zero attached hydrogens (tertiary/aromatic N) is 1. The van der Waals surface area contributed by atoms with Crippen LogP contribution >= 0.6 is 0 Å². The van der Waals surface area contributed by atoms with Crippen molar-refractivity contribution in [3.8, 4) is 17.2 Å². The van der Waals surface area contributed by atoms with Gasteiger partial charge >= 0.3 is 6.03 Å². The second kappa shape index (κ2) is 7.96. The Labute approximate surface area is 146 Å². The molecule has 0 bridgehead atoms. The number of piperidine rings is 1. The molecule has 8 nitrogen and oxygen atoms in total. The highest BCUT2D eigenvalue weighted by Crippen LogP contribution is 2.34. The van der Waals surface area contributed by atoms with E-state index in [4.69, 9.17) is 14.2 Å². The smallest absolute Gasteiger partial charge is 0.317 e. The Hall–Kier alpha value is -2.64. The standard InChI is InChI=1S/C17H23N3O5/c1-12(21)19-13-3-2-7-20(10-13)17(22)18-6-8-23-14-4-5-15-16(9-14)25-11-24-15/h4-5,9,13H,2-3,6-8,10-11H2,1H3,(H,18,22)(H,19,21). The van der Waals surface area contributed by atoms with Crippen molar-refractivity contribution < 1.29 is 23.8 Å². The lowest BCUT2D eigenvalue weighted by atomic mass is 10.1. The fourth-order valence-corrected chi connectivity index (χ4v) is 2.97. The second-order valence-electron chi connectivity index (χ2n) is 6.08. The molecule has 25 heavy (non-hydrogen) atoms. The van der Waals surface area contributed by atoms with Crippen LogP contribution in [0.25, 0.3) is 0 Å². The average Bonchev–Trinajstić information content (AvgIpc) is 3.06. The molecule has 2 heterocycles. The van der Waals surface area contributed by atoms with E-state index in [1.165, 1.54) is 6.92 Å². The van der Waals surface area contributed by atoms with Gasteiger partial charge in [-0.2, -0.15) is 0 Å². The molecular formula is C17H23N3O5. The minimum Gasteiger partial charge on any atom is -0.492 e. The molecule has 1 atom stereocenters. The Balaban J connectivity index is 1.38. The number of rotatable bonds is 5. The zero-order chi connectivity index (χ0) is 17.6. The number of hydrogen-bond acceptors (Lipinski definition) is 5. The van der Waals surface area contributed by atoms with Crippen molar-refractivity contribution in [1.29, 1.82) is 0 Å². The summed E-state index contributed by atoms with van der Waals surface area (Å²) in [4.78, 5) is 25.1. The Kier molecular flexibility index (Phi) is 5.47. The highest BCUT2D eigenvalue weighted by molar-refractivity contribution is 5.75. The van der Waals surface area contributed by atoms with Gasteiger partial charge in [0.2, 0.25) is 12.7 Å². The number of amides is 3. The van der Waals surface area contributed by atoms with Crippen molar-refractivity contribution in [2.75, 3.05) is 33.0 Å². The van der Waals surface area contributed by atoms with Gasteiger partial charge in [-0.05, 0) is 25.0 Å². The number of hydrogen-bond donors (Lipinski definition) is 2. The molecule has 0 aromatic heterocycles. The highest BCUT2D eigenvalue weighted by Gasteiger charge is 2.23. The molecule has 2 aliphatic rings. The third kappa shape index (κ3) is 4.68. The molecule has 0 spiro atoms. The minimum absolute atomic E-state index is 0.0295. The monoisotopic (exact) mass is 349 g/mol. The number of urea groups is 1. The zero-order valence-corrected chi connectivity index (χ0v) is 14.2. The van der Waals surface area contributed by atoms with Crippen LogP contribution in [-0.2, 0) is 4.79 Å². The number of ether oxygens (including phenoxy) is 3. The van der Waals surface area contributed by atoms with E-state index in [0.717, 1.165) is 12.8 Å². The molecule has 0 saturated carbocycles. The molecule has 2 N–H and O–H groups in total. The van der Waals surface area contributed by atoms with E-state index < -0.39 is 0 Å². The molecule has 2 aliphatic heterocycles. The SMILES string of the molecule is CC(=O)NC1CCCN(C(=O)NCCOc2ccc3c(c2)OCO3)C1. The third-order valence-electron chi connectivity index (χ3n) is 4.11. The van der Waals surface area contributed by atoms with E-state index in [0.29, 0.717) is 43.5 Å². The summed E-state index contributed by atoms with van der Waals surface area (Å²) in [6, 6.07) is 5.27. The van der Waals surface area contributed by atoms with Crippen LogP contribution in [0.1, 0.15) is 19.8 Å². The molecule has 0 radical (unpaired) electrons. The van der Waals surface area contributed by atoms with Crippen LogP contribution in [0.5, 0.6) is 17.2 Å². The van der Waals surface area contributed by atoms with E-state index >= 15 is 0 Å². The van der Waals surface area contributed by atoms with Crippen LogP contribution in [0, 0.1) is 0 Å². The van der Waals surface area contributed by atoms with E-state index in [-0.39, 0.29) is 24.8 Å². The lowest BCUT2D eigenvalue weighted by molar-refractivity contribution is -0.119. The van der Waals surface area contributed by atoms with Gasteiger partial charge < -0.3 is 29.7 Å². The van der Waals surface area contributed by atoms with Gasteiger partial charge in [0.1, 0.15) is 12.4 Å². The van der Waals surface area contributed by atoms with Crippen molar-refractivity contribution >= 4 is 11.9 Å². The molecule has 136 valence electrons. The molecule has 1 saturated heterocycles. The largest absolute Gasteiger partial charge is 0.492 e. The summed E-state index contributed by atoms with van der Waals surface area (Å²) in [6.07, 6.45) is 1.78. The fraction of sp³-hybridized carbons (Fsp3) is 0.529. The Morgan fingerprint density at radius 2 is 2.16 bits per heavy atom. The highest BCUT2D eigenvalue weighted by atomic mass is 16.7. The van der Waals surface area contributed by atoms with Crippen LogP contribution in [0.3, 0.4) is 0 Å². The Morgan fingerprint density at radius 3 is 3.00 bits per heavy atom. The van der Waals surface area contributed by atoms with Crippen LogP contribution in [0.4, 0.5) is 4.79 Å². The summed E-state index contributed by atoms with van der Waals surface area (Å²) < 4.78 is 16.2. The predicted octanol–water partition coefficient (Wildman–Crippen LogP) is 1.10. The maximum atomic E-state index is 12.2. The Bertz CT molecular complexity index is 637. The molecule has 3 amide bonds. The van der Waals surface area contributed by atoms with Crippen molar-refractivity contribution in [2.45, 2.75) is 25.8 Å². The van der Waals surface area contributed by atoms with E-state index in [2.05, 4.69) is 10.6 Å². The van der Waals surface area contributed by atoms with Gasteiger partial charge in [-0.1, -0.05) is 0 Å². The number of carbonyl (C=O) groups is 2. The first-order valence-electron chi connectivity index (χ1n) is 8.44. The average molecular weight is 349 g/mol. The van der Waals surface area contributed by atoms with Gasteiger partial charge in [-0.15, -0.1) is 0 Å². The molecule has 3 rings (SSSR count). The summed E-state index contributed by atoms with van der Waals surface area (Å²) in [6.45, 7) is 3.71. The molecule has 0 aliphatic carbocycles. The van der Waals surface area contributed by atoms with Gasteiger partial charge in [-0.25, -0.2) is 4.79 Å². The predicted molar refractivity (Wildman–Crippen MR) is 89.9 cm³/mol. The summed E-state index contributed by atoms with van der Waals surface area (Å²) in [5.41, 5.74) is 0. The maximum absolute atomic E-state index is 12.2. The van der Waals surface area contributed by atoms with Crippen LogP contribution in [-0.4, -0.2) is 55.9 Å². The molecular weight excluding hydrogens is 326 g/mol. The van der Waals surface area contributed by atoms with Crippen LogP contribution in [0.15, 0.2) is 18.2 Å². The summed E-state index contributed by atoms with van der Waals surface area (Å²) in [7, 11) is 0. The van der Waals surface area contributed by atoms with Crippen LogP contribution < -0.4 is 24.8 Å². The quantitative estimate of drug-likeness (QED) is 0.777. The van der Waals surface area contributed by atoms with Crippen LogP contribution in [0.2, 0.25) is 0 Å². The number of benzene rings is 1. The minimum atomic E-state index is -0.135. The maximum Gasteiger partial charge on any atom is 0.317 e. The van der Waals surface area contributed by atoms with Crippen molar-refractivity contribution in [1.82, 2.24) is 15.5 Å². The number of nitrogens with one attached hydrogen (secondary N) is 2. The van der Waals surface area contributed by atoms with Gasteiger partial charge in [0.15, 0.2) is 11.5 Å². The normalized spacial score (nSPS) is 18.6. The first-order valence-corrected chi connectivity index (χ1v) is 8.44. The van der Waals surface area contributed by atoms with E-state index in [9.17, 15) is 9.59 Å². The number of likely N-dealkylation sites (tertiary alicyclic amines) is 1. The fourth-order valence-electron chi connectivity index (χ4n) is 2.97. The van der Waals surface area contributed by atoms with E-state index in [1.807, 2.05) is 0 Å². The van der Waals surface area contributed by atoms with E-state index in [1.54, 1.807) is 23.1 Å². The van der Waals surface area contributed by atoms with Crippen molar-refractivity contribution in [3.63, 3.8) is 0 Å². The lowest BCUT2D eigenvalue weighted by Crippen LogP contribution is -2.52. The summed E-state index contributed by atoms with van der Waals surface area (Å²) in [5.74, 6) is 1.98. The molecule has 1 fully saturated rings. The Morgan fingerprint density at radius 1 is 1.32 bits per heavy atom. The lowest BCUT2D eigenvalue weighted by Gasteiger charge is -2.33. The first kappa shape index (κ1) is 17.2. The van der Waals surface area contributed by atoms with Crippen molar-refractivity contribution in [3.05, 3.63) is 18.2 Å². The number of fused-ring (bicyclic) bond motifs is 1. The van der Waals surface area contributed by atoms with Gasteiger partial charge in [0, 0.05) is 32.1 Å². The van der Waals surface area contributed by atoms with Gasteiger partial charge in [-0.3, -0.25) is 4.79 Å². The molecule has 1 unspecified atom stereocenters. The summed E-state index contributed by atoms with van der Waals surface area (Å²) in [5, 5.41) is 5.71. The molecule has 8 heteroatoms. The second-order valence-corrected chi connectivity index (χ2v) is 6.08. The number of carbonyl (C=O) groups excluding carboxylic acids is 2. The summed E-state index contributed by atoms with van der Waals surface area (Å²) >= 11 is 0. The zero-order valence-electron chi connectivity index (χ0n) is 14.2. The molecule has 1 aromatic rings. The topological polar surface area (TPSA) is 89.1 Å². The van der Waals surface area contributed by atoms with Crippen molar-refractivity contribution in [2.24, 2.45) is 0 Å².